The van der Waals surface area contributed by atoms with Crippen molar-refractivity contribution >= 4 is 0 Å². The van der Waals surface area contributed by atoms with Gasteiger partial charge in [0.2, 0.25) is 0 Å². The van der Waals surface area contributed by atoms with Gasteiger partial charge in [-0.05, 0) is 66.1 Å². The average molecular weight is 348 g/mol. The van der Waals surface area contributed by atoms with Gasteiger partial charge in [-0.1, -0.05) is 51.1 Å². The van der Waals surface area contributed by atoms with Crippen LogP contribution >= 0.6 is 0 Å². The Hall–Kier alpha value is -2.06. The minimum atomic E-state index is 0.492. The van der Waals surface area contributed by atoms with E-state index in [0.717, 1.165) is 18.6 Å². The molecule has 0 radical (unpaired) electrons. The van der Waals surface area contributed by atoms with Crippen molar-refractivity contribution in [2.75, 3.05) is 13.1 Å². The van der Waals surface area contributed by atoms with E-state index in [0.29, 0.717) is 12.0 Å². The zero-order chi connectivity index (χ0) is 18.1. The van der Waals surface area contributed by atoms with Gasteiger partial charge in [-0.2, -0.15) is 0 Å². The lowest BCUT2D eigenvalue weighted by Gasteiger charge is -2.41. The van der Waals surface area contributed by atoms with Crippen molar-refractivity contribution in [1.82, 2.24) is 4.90 Å². The largest absolute Gasteiger partial charge is 0.465 e. The van der Waals surface area contributed by atoms with Crippen LogP contribution in [0.4, 0.5) is 0 Å². The van der Waals surface area contributed by atoms with E-state index in [2.05, 4.69) is 68.1 Å². The first-order valence-electron chi connectivity index (χ1n) is 10.0. The zero-order valence-corrected chi connectivity index (χ0v) is 16.2. The van der Waals surface area contributed by atoms with Gasteiger partial charge in [-0.25, -0.2) is 0 Å². The van der Waals surface area contributed by atoms with Crippen LogP contribution in [0.2, 0.25) is 0 Å². The third-order valence-corrected chi connectivity index (χ3v) is 5.60. The van der Waals surface area contributed by atoms with Crippen molar-refractivity contribution < 1.29 is 4.74 Å². The van der Waals surface area contributed by atoms with Crippen LogP contribution in [0.3, 0.4) is 0 Å². The van der Waals surface area contributed by atoms with Gasteiger partial charge in [0, 0.05) is 18.2 Å². The summed E-state index contributed by atoms with van der Waals surface area (Å²) in [4.78, 5) is 2.68. The molecule has 0 saturated heterocycles. The average Bonchev–Trinajstić information content (AvgIpc) is 2.64. The molecule has 26 heavy (non-hydrogen) atoms. The summed E-state index contributed by atoms with van der Waals surface area (Å²) < 4.78 is 6.08. The van der Waals surface area contributed by atoms with Crippen molar-refractivity contribution in [1.29, 1.82) is 0 Å². The van der Waals surface area contributed by atoms with Gasteiger partial charge in [0.15, 0.2) is 0 Å². The monoisotopic (exact) mass is 347 g/mol. The van der Waals surface area contributed by atoms with Crippen LogP contribution in [0.25, 0.3) is 11.1 Å². The number of fused-ring (bicyclic) bond motifs is 2. The first kappa shape index (κ1) is 17.4. The predicted octanol–water partition coefficient (Wildman–Crippen LogP) is 5.77. The second-order valence-corrected chi connectivity index (χ2v) is 7.86. The van der Waals surface area contributed by atoms with Crippen LogP contribution in [-0.4, -0.2) is 18.0 Å². The Morgan fingerprint density at radius 1 is 1.15 bits per heavy atom. The highest BCUT2D eigenvalue weighted by Crippen LogP contribution is 2.48. The van der Waals surface area contributed by atoms with Crippen molar-refractivity contribution in [3.8, 4) is 16.9 Å². The fourth-order valence-electron chi connectivity index (χ4n) is 4.46. The second kappa shape index (κ2) is 7.28. The fourth-order valence-corrected chi connectivity index (χ4v) is 4.46. The minimum Gasteiger partial charge on any atom is -0.465 e. The number of ether oxygens (including phenoxy) is 1. The molecule has 0 N–H and O–H groups in total. The smallest absolute Gasteiger partial charge is 0.134 e. The van der Waals surface area contributed by atoms with E-state index in [1.807, 2.05) is 6.26 Å². The number of hydrogen-bond acceptors (Lipinski definition) is 2. The number of rotatable bonds is 5. The molecule has 136 valence electrons. The van der Waals surface area contributed by atoms with E-state index in [-0.39, 0.29) is 0 Å². The fraction of sp³-hybridized carbons (Fsp3) is 0.417. The maximum Gasteiger partial charge on any atom is 0.134 e. The van der Waals surface area contributed by atoms with Gasteiger partial charge in [-0.15, -0.1) is 0 Å². The van der Waals surface area contributed by atoms with E-state index in [1.165, 1.54) is 41.8 Å². The van der Waals surface area contributed by atoms with E-state index in [1.54, 1.807) is 5.56 Å². The molecule has 1 heterocycles. The predicted molar refractivity (Wildman–Crippen MR) is 108 cm³/mol. The lowest BCUT2D eigenvalue weighted by atomic mass is 9.77. The van der Waals surface area contributed by atoms with E-state index in [9.17, 15) is 0 Å². The van der Waals surface area contributed by atoms with Gasteiger partial charge >= 0.3 is 0 Å². The van der Waals surface area contributed by atoms with Gasteiger partial charge in [0.25, 0.3) is 0 Å². The molecule has 0 saturated carbocycles. The molecule has 0 unspecified atom stereocenters. The van der Waals surface area contributed by atoms with Crippen molar-refractivity contribution in [3.63, 3.8) is 0 Å². The summed E-state index contributed by atoms with van der Waals surface area (Å²) in [6.45, 7) is 8.98. The van der Waals surface area contributed by atoms with Crippen LogP contribution in [0.5, 0.6) is 5.75 Å². The van der Waals surface area contributed by atoms with Crippen molar-refractivity contribution in [2.45, 2.75) is 46.1 Å². The molecular formula is C24H29NO. The number of nitrogens with zero attached hydrogens (tertiary/aromatic N) is 1. The van der Waals surface area contributed by atoms with Gasteiger partial charge in [0.05, 0.1) is 6.26 Å². The third kappa shape index (κ3) is 3.07. The van der Waals surface area contributed by atoms with Crippen molar-refractivity contribution in [2.24, 2.45) is 5.92 Å². The lowest BCUT2D eigenvalue weighted by Crippen LogP contribution is -2.38. The minimum absolute atomic E-state index is 0.492. The third-order valence-electron chi connectivity index (χ3n) is 5.60. The Morgan fingerprint density at radius 2 is 1.96 bits per heavy atom. The van der Waals surface area contributed by atoms with E-state index in [4.69, 9.17) is 4.74 Å². The summed E-state index contributed by atoms with van der Waals surface area (Å²) in [5.74, 6) is 1.48. The Balaban J connectivity index is 1.80. The lowest BCUT2D eigenvalue weighted by molar-refractivity contribution is 0.183. The molecule has 0 fully saturated rings. The maximum atomic E-state index is 6.08. The first-order valence-corrected chi connectivity index (χ1v) is 10.0. The number of benzene rings is 2. The van der Waals surface area contributed by atoms with Crippen LogP contribution in [-0.2, 0) is 12.8 Å². The van der Waals surface area contributed by atoms with Crippen molar-refractivity contribution in [3.05, 3.63) is 65.4 Å². The number of allylic oxidation sites excluding steroid dienone is 1. The highest BCUT2D eigenvalue weighted by atomic mass is 16.5. The Bertz CT molecular complexity index is 821. The van der Waals surface area contributed by atoms with Crippen LogP contribution in [0.1, 0.15) is 49.9 Å². The maximum absolute atomic E-state index is 6.08. The van der Waals surface area contributed by atoms with Gasteiger partial charge < -0.3 is 4.74 Å². The second-order valence-electron chi connectivity index (χ2n) is 7.86. The molecule has 0 aromatic heterocycles. The first-order chi connectivity index (χ1) is 12.7. The molecule has 2 aromatic carbocycles. The molecular weight excluding hydrogens is 318 g/mol. The van der Waals surface area contributed by atoms with Crippen LogP contribution in [0, 0.1) is 5.92 Å². The molecule has 2 aromatic rings. The summed E-state index contributed by atoms with van der Waals surface area (Å²) in [7, 11) is 0. The standard InChI is InChI=1S/C24H29NO/c1-4-13-25-14-11-18-7-5-9-20-23(18)21(25)16-19-8-6-10-22(24(19)20)26-15-12-17(2)3/h5-10,12,15,17,21H,4,11,13-14,16H2,1-3H3/b15-12+/t21-/m1/s1. The summed E-state index contributed by atoms with van der Waals surface area (Å²) in [6.07, 6.45) is 7.42. The Labute approximate surface area is 157 Å². The van der Waals surface area contributed by atoms with Gasteiger partial charge in [0.1, 0.15) is 5.75 Å². The molecule has 0 amide bonds. The Kier molecular flexibility index (Phi) is 4.86. The highest BCUT2D eigenvalue weighted by Gasteiger charge is 2.34. The summed E-state index contributed by atoms with van der Waals surface area (Å²) in [5.41, 5.74) is 7.16. The van der Waals surface area contributed by atoms with E-state index >= 15 is 0 Å². The molecule has 0 bridgehead atoms. The molecule has 2 nitrogen and oxygen atoms in total. The molecule has 1 aliphatic heterocycles. The quantitative estimate of drug-likeness (QED) is 0.637. The SMILES string of the molecule is CCCN1CCc2cccc3c2[C@H]1Cc1cccc(O/C=C/C(C)C)c1-3. The van der Waals surface area contributed by atoms with Crippen LogP contribution in [0.15, 0.2) is 48.7 Å². The molecule has 2 heteroatoms. The number of hydrogen-bond donors (Lipinski definition) is 0. The molecule has 2 aliphatic rings. The highest BCUT2D eigenvalue weighted by molar-refractivity contribution is 5.80. The van der Waals surface area contributed by atoms with E-state index < -0.39 is 0 Å². The summed E-state index contributed by atoms with van der Waals surface area (Å²) >= 11 is 0. The molecule has 0 spiro atoms. The Morgan fingerprint density at radius 3 is 2.77 bits per heavy atom. The summed E-state index contributed by atoms with van der Waals surface area (Å²) in [6, 6.07) is 13.9. The molecule has 1 aliphatic carbocycles. The van der Waals surface area contributed by atoms with Gasteiger partial charge in [-0.3, -0.25) is 4.90 Å². The molecule has 4 rings (SSSR count). The molecule has 1 atom stereocenters. The zero-order valence-electron chi connectivity index (χ0n) is 16.2. The topological polar surface area (TPSA) is 12.5 Å². The normalized spacial score (nSPS) is 18.8. The van der Waals surface area contributed by atoms with Crippen LogP contribution < -0.4 is 4.74 Å². The summed E-state index contributed by atoms with van der Waals surface area (Å²) in [5, 5.41) is 0.